The summed E-state index contributed by atoms with van der Waals surface area (Å²) in [7, 11) is 1.32. The molecule has 0 amide bonds. The van der Waals surface area contributed by atoms with Crippen LogP contribution in [0.3, 0.4) is 0 Å². The molecule has 0 radical (unpaired) electrons. The topological polar surface area (TPSA) is 61.8 Å². The van der Waals surface area contributed by atoms with Crippen molar-refractivity contribution in [2.45, 2.75) is 33.0 Å². The van der Waals surface area contributed by atoms with E-state index in [1.165, 1.54) is 7.11 Å². The van der Waals surface area contributed by atoms with E-state index in [0.717, 1.165) is 5.56 Å². The lowest BCUT2D eigenvalue weighted by atomic mass is 10.1. The van der Waals surface area contributed by atoms with Crippen LogP contribution in [0, 0.1) is 0 Å². The second-order valence-electron chi connectivity index (χ2n) is 4.94. The first kappa shape index (κ1) is 15.0. The van der Waals surface area contributed by atoms with Crippen molar-refractivity contribution in [2.75, 3.05) is 7.11 Å². The van der Waals surface area contributed by atoms with Crippen LogP contribution in [0.15, 0.2) is 24.3 Å². The first-order valence-corrected chi connectivity index (χ1v) is 5.85. The molecule has 1 aromatic carbocycles. The second kappa shape index (κ2) is 6.22. The Bertz CT molecular complexity index is 442. The lowest BCUT2D eigenvalue weighted by Crippen LogP contribution is -2.24. The van der Waals surface area contributed by atoms with Crippen LogP contribution in [0.2, 0.25) is 0 Å². The SMILES string of the molecule is COC(=O)c1ccc(COC(=O)OC(C)(C)C)cc1. The molecule has 1 rings (SSSR count). The molecule has 0 spiro atoms. The van der Waals surface area contributed by atoms with Crippen LogP contribution in [-0.2, 0) is 20.8 Å². The maximum Gasteiger partial charge on any atom is 0.509 e. The molecule has 0 fully saturated rings. The van der Waals surface area contributed by atoms with Crippen molar-refractivity contribution in [1.29, 1.82) is 0 Å². The zero-order valence-corrected chi connectivity index (χ0v) is 11.6. The highest BCUT2D eigenvalue weighted by Crippen LogP contribution is 2.11. The van der Waals surface area contributed by atoms with E-state index in [1.807, 2.05) is 0 Å². The van der Waals surface area contributed by atoms with E-state index in [1.54, 1.807) is 45.0 Å². The van der Waals surface area contributed by atoms with E-state index < -0.39 is 17.7 Å². The van der Waals surface area contributed by atoms with Gasteiger partial charge in [-0.15, -0.1) is 0 Å². The molecule has 0 aliphatic carbocycles. The minimum Gasteiger partial charge on any atom is -0.465 e. The van der Waals surface area contributed by atoms with Crippen LogP contribution in [0.25, 0.3) is 0 Å². The fourth-order valence-electron chi connectivity index (χ4n) is 1.28. The summed E-state index contributed by atoms with van der Waals surface area (Å²) in [5, 5.41) is 0. The number of hydrogen-bond acceptors (Lipinski definition) is 5. The monoisotopic (exact) mass is 266 g/mol. The Kier molecular flexibility index (Phi) is 4.92. The fraction of sp³-hybridized carbons (Fsp3) is 0.429. The number of esters is 1. The van der Waals surface area contributed by atoms with Gasteiger partial charge in [0.1, 0.15) is 12.2 Å². The van der Waals surface area contributed by atoms with Gasteiger partial charge >= 0.3 is 12.1 Å². The average molecular weight is 266 g/mol. The molecule has 0 atom stereocenters. The van der Waals surface area contributed by atoms with Crippen molar-refractivity contribution >= 4 is 12.1 Å². The zero-order chi connectivity index (χ0) is 14.5. The number of carbonyl (C=O) groups excluding carboxylic acids is 2. The Hall–Kier alpha value is -2.04. The molecular formula is C14H18O5. The Morgan fingerprint density at radius 2 is 1.68 bits per heavy atom. The van der Waals surface area contributed by atoms with E-state index in [9.17, 15) is 9.59 Å². The highest BCUT2D eigenvalue weighted by molar-refractivity contribution is 5.89. The van der Waals surface area contributed by atoms with E-state index >= 15 is 0 Å². The summed E-state index contributed by atoms with van der Waals surface area (Å²) in [5.74, 6) is -0.403. The first-order valence-electron chi connectivity index (χ1n) is 5.85. The number of methoxy groups -OCH3 is 1. The van der Waals surface area contributed by atoms with Crippen LogP contribution in [0.4, 0.5) is 4.79 Å². The third kappa shape index (κ3) is 5.42. The minimum atomic E-state index is -0.718. The number of rotatable bonds is 3. The van der Waals surface area contributed by atoms with Gasteiger partial charge in [-0.2, -0.15) is 0 Å². The molecule has 5 heteroatoms. The minimum absolute atomic E-state index is 0.0936. The Balaban J connectivity index is 2.50. The maximum absolute atomic E-state index is 11.3. The molecule has 0 heterocycles. The molecule has 0 N–H and O–H groups in total. The van der Waals surface area contributed by atoms with Gasteiger partial charge in [-0.05, 0) is 38.5 Å². The van der Waals surface area contributed by atoms with Crippen molar-refractivity contribution in [3.05, 3.63) is 35.4 Å². The summed E-state index contributed by atoms with van der Waals surface area (Å²) in [6.45, 7) is 5.38. The normalized spacial score (nSPS) is 10.7. The third-order valence-corrected chi connectivity index (χ3v) is 2.12. The van der Waals surface area contributed by atoms with Gasteiger partial charge in [-0.3, -0.25) is 0 Å². The maximum atomic E-state index is 11.3. The largest absolute Gasteiger partial charge is 0.509 e. The molecular weight excluding hydrogens is 248 g/mol. The molecule has 1 aromatic rings. The molecule has 5 nitrogen and oxygen atoms in total. The van der Waals surface area contributed by atoms with Gasteiger partial charge in [0.15, 0.2) is 0 Å². The van der Waals surface area contributed by atoms with Crippen LogP contribution in [0.1, 0.15) is 36.7 Å². The van der Waals surface area contributed by atoms with Crippen LogP contribution in [-0.4, -0.2) is 24.8 Å². The third-order valence-electron chi connectivity index (χ3n) is 2.12. The van der Waals surface area contributed by atoms with E-state index in [2.05, 4.69) is 4.74 Å². The van der Waals surface area contributed by atoms with Gasteiger partial charge in [0.05, 0.1) is 12.7 Å². The molecule has 0 saturated heterocycles. The summed E-state index contributed by atoms with van der Waals surface area (Å²) in [5.41, 5.74) is 0.633. The molecule has 0 unspecified atom stereocenters. The predicted octanol–water partition coefficient (Wildman–Crippen LogP) is 2.92. The fourth-order valence-corrected chi connectivity index (χ4v) is 1.28. The summed E-state index contributed by atoms with van der Waals surface area (Å²) in [6, 6.07) is 6.60. The van der Waals surface area contributed by atoms with E-state index in [4.69, 9.17) is 9.47 Å². The van der Waals surface area contributed by atoms with Crippen molar-refractivity contribution in [3.8, 4) is 0 Å². The first-order chi connectivity index (χ1) is 8.81. The standard InChI is InChI=1S/C14H18O5/c1-14(2,3)19-13(16)18-9-10-5-7-11(8-6-10)12(15)17-4/h5-8H,9H2,1-4H3. The van der Waals surface area contributed by atoms with Crippen molar-refractivity contribution in [3.63, 3.8) is 0 Å². The Morgan fingerprint density at radius 3 is 2.16 bits per heavy atom. The lowest BCUT2D eigenvalue weighted by molar-refractivity contribution is -0.0108. The van der Waals surface area contributed by atoms with Gasteiger partial charge in [0.25, 0.3) is 0 Å². The predicted molar refractivity (Wildman–Crippen MR) is 68.8 cm³/mol. The lowest BCUT2D eigenvalue weighted by Gasteiger charge is -2.18. The zero-order valence-electron chi connectivity index (χ0n) is 11.6. The van der Waals surface area contributed by atoms with E-state index in [0.29, 0.717) is 5.56 Å². The van der Waals surface area contributed by atoms with Crippen molar-refractivity contribution < 1.29 is 23.8 Å². The average Bonchev–Trinajstić information content (AvgIpc) is 2.34. The molecule has 104 valence electrons. The van der Waals surface area contributed by atoms with Crippen LogP contribution < -0.4 is 0 Å². The second-order valence-corrected chi connectivity index (χ2v) is 4.94. The molecule has 0 aliphatic rings. The molecule has 0 saturated carbocycles. The summed E-state index contributed by atoms with van der Waals surface area (Å²) < 4.78 is 14.5. The van der Waals surface area contributed by atoms with Gasteiger partial charge < -0.3 is 14.2 Å². The Labute approximate surface area is 112 Å². The summed E-state index contributed by atoms with van der Waals surface area (Å²) in [6.07, 6.45) is -0.718. The van der Waals surface area contributed by atoms with E-state index in [-0.39, 0.29) is 6.61 Å². The summed E-state index contributed by atoms with van der Waals surface area (Å²) >= 11 is 0. The Morgan fingerprint density at radius 1 is 1.11 bits per heavy atom. The number of ether oxygens (including phenoxy) is 3. The quantitative estimate of drug-likeness (QED) is 0.787. The molecule has 0 aromatic heterocycles. The van der Waals surface area contributed by atoms with Gasteiger partial charge in [0.2, 0.25) is 0 Å². The highest BCUT2D eigenvalue weighted by atomic mass is 16.7. The van der Waals surface area contributed by atoms with Crippen molar-refractivity contribution in [1.82, 2.24) is 0 Å². The van der Waals surface area contributed by atoms with Crippen LogP contribution in [0.5, 0.6) is 0 Å². The highest BCUT2D eigenvalue weighted by Gasteiger charge is 2.17. The molecule has 0 bridgehead atoms. The number of carbonyl (C=O) groups is 2. The molecule has 0 aliphatic heterocycles. The van der Waals surface area contributed by atoms with Gasteiger partial charge in [-0.1, -0.05) is 12.1 Å². The molecule has 19 heavy (non-hydrogen) atoms. The number of hydrogen-bond donors (Lipinski definition) is 0. The van der Waals surface area contributed by atoms with Gasteiger partial charge in [0, 0.05) is 0 Å². The van der Waals surface area contributed by atoms with Crippen molar-refractivity contribution in [2.24, 2.45) is 0 Å². The van der Waals surface area contributed by atoms with Gasteiger partial charge in [-0.25, -0.2) is 9.59 Å². The number of benzene rings is 1. The summed E-state index contributed by atoms with van der Waals surface area (Å²) in [4.78, 5) is 22.6. The smallest absolute Gasteiger partial charge is 0.465 e. The van der Waals surface area contributed by atoms with Crippen LogP contribution >= 0.6 is 0 Å².